The van der Waals surface area contributed by atoms with Gasteiger partial charge in [-0.15, -0.1) is 0 Å². The van der Waals surface area contributed by atoms with Crippen LogP contribution in [-0.2, 0) is 32.0 Å². The molecule has 0 spiro atoms. The number of imidazole rings is 2. The SMILES string of the molecule is NC(=O)CCC(N)C(=O)NC(Cc1cnc[nH]1)C(=O)NC(Cc1cnc[nH]1)C(=O)O. The predicted molar refractivity (Wildman–Crippen MR) is 102 cm³/mol. The summed E-state index contributed by atoms with van der Waals surface area (Å²) in [5, 5.41) is 14.3. The van der Waals surface area contributed by atoms with Gasteiger partial charge < -0.3 is 37.2 Å². The third kappa shape index (κ3) is 7.01. The number of rotatable bonds is 12. The molecule has 3 amide bonds. The lowest BCUT2D eigenvalue weighted by Gasteiger charge is -2.22. The molecule has 0 bridgehead atoms. The van der Waals surface area contributed by atoms with Gasteiger partial charge in [0, 0.05) is 43.0 Å². The maximum absolute atomic E-state index is 12.8. The van der Waals surface area contributed by atoms with Gasteiger partial charge in [-0.2, -0.15) is 0 Å². The number of carbonyl (C=O) groups excluding carboxylic acids is 3. The van der Waals surface area contributed by atoms with Gasteiger partial charge in [0.25, 0.3) is 0 Å². The van der Waals surface area contributed by atoms with Crippen LogP contribution in [0, 0.1) is 0 Å². The first kappa shape index (κ1) is 22.5. The molecule has 162 valence electrons. The van der Waals surface area contributed by atoms with Crippen molar-refractivity contribution in [2.75, 3.05) is 0 Å². The lowest BCUT2D eigenvalue weighted by Crippen LogP contribution is -2.55. The van der Waals surface area contributed by atoms with E-state index < -0.39 is 41.8 Å². The van der Waals surface area contributed by atoms with Crippen molar-refractivity contribution in [2.24, 2.45) is 11.5 Å². The third-order valence-electron chi connectivity index (χ3n) is 4.24. The zero-order valence-corrected chi connectivity index (χ0v) is 16.0. The number of aromatic nitrogens is 4. The molecule has 2 heterocycles. The monoisotopic (exact) mass is 420 g/mol. The number of nitrogens with one attached hydrogen (secondary N) is 4. The zero-order valence-electron chi connectivity index (χ0n) is 16.0. The van der Waals surface area contributed by atoms with Crippen LogP contribution in [0.5, 0.6) is 0 Å². The molecule has 9 N–H and O–H groups in total. The Bertz CT molecular complexity index is 852. The fraction of sp³-hybridized carbons (Fsp3) is 0.412. The summed E-state index contributed by atoms with van der Waals surface area (Å²) in [4.78, 5) is 60.8. The summed E-state index contributed by atoms with van der Waals surface area (Å²) in [6, 6.07) is -3.43. The van der Waals surface area contributed by atoms with Crippen molar-refractivity contribution < 1.29 is 24.3 Å². The van der Waals surface area contributed by atoms with Gasteiger partial charge in [0.05, 0.1) is 18.7 Å². The molecular formula is C17H24N8O5. The number of carbonyl (C=O) groups is 4. The Morgan fingerprint density at radius 3 is 1.97 bits per heavy atom. The number of hydrogen-bond donors (Lipinski definition) is 7. The van der Waals surface area contributed by atoms with Crippen molar-refractivity contribution in [1.82, 2.24) is 30.6 Å². The van der Waals surface area contributed by atoms with Crippen LogP contribution in [0.1, 0.15) is 24.2 Å². The summed E-state index contributed by atoms with van der Waals surface area (Å²) < 4.78 is 0. The van der Waals surface area contributed by atoms with E-state index in [1.54, 1.807) is 0 Å². The molecule has 3 unspecified atom stereocenters. The van der Waals surface area contributed by atoms with Crippen LogP contribution in [0.2, 0.25) is 0 Å². The van der Waals surface area contributed by atoms with Gasteiger partial charge in [-0.05, 0) is 6.42 Å². The van der Waals surface area contributed by atoms with Gasteiger partial charge in [0.1, 0.15) is 12.1 Å². The number of carboxylic acid groups (broad SMARTS) is 1. The molecule has 0 fully saturated rings. The average Bonchev–Trinajstić information content (AvgIpc) is 3.38. The summed E-state index contributed by atoms with van der Waals surface area (Å²) in [6.07, 6.45) is 5.64. The highest BCUT2D eigenvalue weighted by Crippen LogP contribution is 2.04. The number of aliphatic carboxylic acids is 1. The second-order valence-corrected chi connectivity index (χ2v) is 6.63. The standard InChI is InChI=1S/C17H24N8O5/c18-11(1-2-14(19)26)15(27)24-12(3-9-5-20-7-22-9)16(28)25-13(17(29)30)4-10-6-21-8-23-10/h5-8,11-13H,1-4,18H2,(H2,19,26)(H,20,22)(H,21,23)(H,24,27)(H,25,28)(H,29,30). The van der Waals surface area contributed by atoms with Gasteiger partial charge in [0.2, 0.25) is 17.7 Å². The smallest absolute Gasteiger partial charge is 0.326 e. The molecular weight excluding hydrogens is 396 g/mol. The third-order valence-corrected chi connectivity index (χ3v) is 4.24. The first-order chi connectivity index (χ1) is 14.3. The fourth-order valence-electron chi connectivity index (χ4n) is 2.62. The second kappa shape index (κ2) is 10.7. The Morgan fingerprint density at radius 2 is 1.50 bits per heavy atom. The van der Waals surface area contributed by atoms with Crippen molar-refractivity contribution in [3.8, 4) is 0 Å². The maximum Gasteiger partial charge on any atom is 0.326 e. The normalized spacial score (nSPS) is 13.8. The highest BCUT2D eigenvalue weighted by atomic mass is 16.4. The number of nitrogens with two attached hydrogens (primary N) is 2. The van der Waals surface area contributed by atoms with E-state index in [4.69, 9.17) is 11.5 Å². The van der Waals surface area contributed by atoms with Gasteiger partial charge in [0.15, 0.2) is 0 Å². The van der Waals surface area contributed by atoms with Crippen molar-refractivity contribution in [3.63, 3.8) is 0 Å². The largest absolute Gasteiger partial charge is 0.480 e. The minimum atomic E-state index is -1.25. The molecule has 13 nitrogen and oxygen atoms in total. The van der Waals surface area contributed by atoms with E-state index in [1.165, 1.54) is 25.0 Å². The van der Waals surface area contributed by atoms with Crippen LogP contribution in [0.4, 0.5) is 0 Å². The van der Waals surface area contributed by atoms with Crippen LogP contribution in [0.15, 0.2) is 25.0 Å². The van der Waals surface area contributed by atoms with E-state index in [-0.39, 0.29) is 25.7 Å². The van der Waals surface area contributed by atoms with Crippen molar-refractivity contribution in [3.05, 3.63) is 36.4 Å². The fourth-order valence-corrected chi connectivity index (χ4v) is 2.62. The molecule has 2 aromatic rings. The van der Waals surface area contributed by atoms with E-state index in [2.05, 4.69) is 30.6 Å². The molecule has 0 saturated heterocycles. The molecule has 0 saturated carbocycles. The molecule has 0 radical (unpaired) electrons. The molecule has 3 atom stereocenters. The molecule has 0 aliphatic carbocycles. The zero-order chi connectivity index (χ0) is 22.1. The molecule has 30 heavy (non-hydrogen) atoms. The van der Waals surface area contributed by atoms with E-state index in [0.29, 0.717) is 11.4 Å². The van der Waals surface area contributed by atoms with Crippen LogP contribution in [-0.4, -0.2) is 66.9 Å². The van der Waals surface area contributed by atoms with E-state index in [0.717, 1.165) is 0 Å². The molecule has 13 heteroatoms. The summed E-state index contributed by atoms with van der Waals surface area (Å²) in [5.74, 6) is -3.24. The Labute approximate surface area is 171 Å². The van der Waals surface area contributed by atoms with Crippen molar-refractivity contribution in [1.29, 1.82) is 0 Å². The molecule has 0 aromatic carbocycles. The molecule has 2 rings (SSSR count). The lowest BCUT2D eigenvalue weighted by atomic mass is 10.1. The van der Waals surface area contributed by atoms with Gasteiger partial charge in [-0.1, -0.05) is 0 Å². The summed E-state index contributed by atoms with van der Waals surface area (Å²) in [5.41, 5.74) is 11.9. The van der Waals surface area contributed by atoms with Crippen LogP contribution in [0.25, 0.3) is 0 Å². The Kier molecular flexibility index (Phi) is 8.05. The Morgan fingerprint density at radius 1 is 0.967 bits per heavy atom. The number of hydrogen-bond acceptors (Lipinski definition) is 7. The Hall–Kier alpha value is -3.74. The number of carboxylic acids is 1. The van der Waals surface area contributed by atoms with Crippen molar-refractivity contribution >= 4 is 23.7 Å². The Balaban J connectivity index is 2.08. The molecule has 2 aromatic heterocycles. The lowest BCUT2D eigenvalue weighted by molar-refractivity contribution is -0.142. The summed E-state index contributed by atoms with van der Waals surface area (Å²) in [6.45, 7) is 0. The average molecular weight is 420 g/mol. The van der Waals surface area contributed by atoms with Gasteiger partial charge in [-0.25, -0.2) is 14.8 Å². The predicted octanol–water partition coefficient (Wildman–Crippen LogP) is -2.43. The minimum Gasteiger partial charge on any atom is -0.480 e. The van der Waals surface area contributed by atoms with Crippen molar-refractivity contribution in [2.45, 2.75) is 43.8 Å². The number of aromatic amines is 2. The highest BCUT2D eigenvalue weighted by Gasteiger charge is 2.29. The second-order valence-electron chi connectivity index (χ2n) is 6.63. The maximum atomic E-state index is 12.8. The molecule has 0 aliphatic heterocycles. The first-order valence-electron chi connectivity index (χ1n) is 9.08. The minimum absolute atomic E-state index is 0.0110. The number of H-pyrrole nitrogens is 2. The van der Waals surface area contributed by atoms with Crippen LogP contribution < -0.4 is 22.1 Å². The highest BCUT2D eigenvalue weighted by molar-refractivity contribution is 5.92. The van der Waals surface area contributed by atoms with Gasteiger partial charge in [-0.3, -0.25) is 14.4 Å². The van der Waals surface area contributed by atoms with E-state index >= 15 is 0 Å². The quantitative estimate of drug-likeness (QED) is 0.195. The van der Waals surface area contributed by atoms with Gasteiger partial charge >= 0.3 is 5.97 Å². The van der Waals surface area contributed by atoms with E-state index in [9.17, 15) is 24.3 Å². The number of amides is 3. The number of nitrogens with zero attached hydrogens (tertiary/aromatic N) is 2. The number of primary amides is 1. The van der Waals surface area contributed by atoms with Crippen LogP contribution >= 0.6 is 0 Å². The first-order valence-corrected chi connectivity index (χ1v) is 9.08. The molecule has 0 aliphatic rings. The van der Waals surface area contributed by atoms with E-state index in [1.807, 2.05) is 0 Å². The summed E-state index contributed by atoms with van der Waals surface area (Å²) >= 11 is 0. The summed E-state index contributed by atoms with van der Waals surface area (Å²) in [7, 11) is 0. The van der Waals surface area contributed by atoms with Crippen LogP contribution in [0.3, 0.4) is 0 Å². The topological polar surface area (TPSA) is 222 Å².